The fraction of sp³-hybridized carbons (Fsp3) is 0.350. The molecular formula is C20H24N2O2S. The summed E-state index contributed by atoms with van der Waals surface area (Å²) in [6, 6.07) is 12.8. The van der Waals surface area contributed by atoms with Gasteiger partial charge in [0.05, 0.1) is 19.3 Å². The van der Waals surface area contributed by atoms with Gasteiger partial charge in [0.25, 0.3) is 0 Å². The van der Waals surface area contributed by atoms with Crippen LogP contribution in [0.2, 0.25) is 0 Å². The van der Waals surface area contributed by atoms with Crippen LogP contribution in [0.15, 0.2) is 49.1 Å². The van der Waals surface area contributed by atoms with Crippen molar-refractivity contribution < 1.29 is 9.53 Å². The molecule has 1 fully saturated rings. The van der Waals surface area contributed by atoms with Gasteiger partial charge in [0.2, 0.25) is 5.91 Å². The summed E-state index contributed by atoms with van der Waals surface area (Å²) >= 11 is 1.84. The number of hydrogen-bond acceptors (Lipinski definition) is 4. The fourth-order valence-electron chi connectivity index (χ4n) is 2.89. The molecule has 1 aromatic carbocycles. The Labute approximate surface area is 153 Å². The molecule has 1 aromatic heterocycles. The molecule has 1 atom stereocenters. The number of thiophene rings is 1. The Hall–Kier alpha value is -1.95. The molecule has 1 aliphatic heterocycles. The Morgan fingerprint density at radius 2 is 2.00 bits per heavy atom. The highest BCUT2D eigenvalue weighted by Gasteiger charge is 2.13. The van der Waals surface area contributed by atoms with E-state index < -0.39 is 0 Å². The van der Waals surface area contributed by atoms with Gasteiger partial charge in [0.1, 0.15) is 0 Å². The molecule has 25 heavy (non-hydrogen) atoms. The molecule has 0 aliphatic carbocycles. The number of morpholine rings is 1. The maximum absolute atomic E-state index is 11.4. The minimum atomic E-state index is -0.150. The zero-order valence-electron chi connectivity index (χ0n) is 14.5. The molecule has 132 valence electrons. The Morgan fingerprint density at radius 1 is 1.28 bits per heavy atom. The summed E-state index contributed by atoms with van der Waals surface area (Å²) in [5, 5.41) is 2.88. The van der Waals surface area contributed by atoms with E-state index in [-0.39, 0.29) is 11.9 Å². The van der Waals surface area contributed by atoms with Crippen LogP contribution in [0.25, 0.3) is 10.4 Å². The minimum Gasteiger partial charge on any atom is -0.379 e. The normalized spacial score (nSPS) is 16.4. The van der Waals surface area contributed by atoms with Gasteiger partial charge in [-0.3, -0.25) is 9.69 Å². The Bertz CT molecular complexity index is 718. The number of nitrogens with zero attached hydrogens (tertiary/aromatic N) is 1. The van der Waals surface area contributed by atoms with Crippen molar-refractivity contribution in [3.05, 3.63) is 59.5 Å². The van der Waals surface area contributed by atoms with E-state index in [0.29, 0.717) is 0 Å². The van der Waals surface area contributed by atoms with E-state index in [9.17, 15) is 4.79 Å². The average molecular weight is 356 g/mol. The molecule has 1 amide bonds. The monoisotopic (exact) mass is 356 g/mol. The number of benzene rings is 1. The van der Waals surface area contributed by atoms with Gasteiger partial charge in [-0.2, -0.15) is 0 Å². The average Bonchev–Trinajstić information content (AvgIpc) is 3.11. The number of ether oxygens (including phenoxy) is 1. The van der Waals surface area contributed by atoms with E-state index in [4.69, 9.17) is 4.74 Å². The summed E-state index contributed by atoms with van der Waals surface area (Å²) in [6.45, 7) is 10.1. The molecular weight excluding hydrogens is 332 g/mol. The van der Waals surface area contributed by atoms with Crippen LogP contribution in [-0.2, 0) is 16.1 Å². The number of rotatable bonds is 6. The molecule has 2 heterocycles. The lowest BCUT2D eigenvalue weighted by molar-refractivity contribution is -0.117. The van der Waals surface area contributed by atoms with Gasteiger partial charge in [-0.25, -0.2) is 0 Å². The summed E-state index contributed by atoms with van der Waals surface area (Å²) in [6.07, 6.45) is 1.30. The second kappa shape index (κ2) is 8.43. The quantitative estimate of drug-likeness (QED) is 0.804. The molecule has 0 spiro atoms. The third-order valence-electron chi connectivity index (χ3n) is 4.38. The van der Waals surface area contributed by atoms with Gasteiger partial charge < -0.3 is 10.1 Å². The molecule has 1 saturated heterocycles. The summed E-state index contributed by atoms with van der Waals surface area (Å²) in [7, 11) is 0. The van der Waals surface area contributed by atoms with Gasteiger partial charge in [0, 0.05) is 29.4 Å². The van der Waals surface area contributed by atoms with Gasteiger partial charge in [-0.05, 0) is 36.3 Å². The lowest BCUT2D eigenvalue weighted by Gasteiger charge is -2.25. The third kappa shape index (κ3) is 4.78. The Kier molecular flexibility index (Phi) is 6.02. The summed E-state index contributed by atoms with van der Waals surface area (Å²) < 4.78 is 5.40. The maximum Gasteiger partial charge on any atom is 0.243 e. The van der Waals surface area contributed by atoms with Gasteiger partial charge in [0.15, 0.2) is 0 Å². The highest BCUT2D eigenvalue weighted by molar-refractivity contribution is 7.15. The molecule has 0 saturated carbocycles. The van der Waals surface area contributed by atoms with Gasteiger partial charge in [-0.15, -0.1) is 11.3 Å². The van der Waals surface area contributed by atoms with Crippen LogP contribution in [0.4, 0.5) is 0 Å². The van der Waals surface area contributed by atoms with E-state index in [1.165, 1.54) is 21.4 Å². The molecule has 0 unspecified atom stereocenters. The molecule has 5 heteroatoms. The van der Waals surface area contributed by atoms with Crippen LogP contribution in [-0.4, -0.2) is 37.1 Å². The Balaban J connectivity index is 1.64. The number of nitrogens with one attached hydrogen (secondary N) is 1. The van der Waals surface area contributed by atoms with E-state index in [0.717, 1.165) is 38.4 Å². The Morgan fingerprint density at radius 3 is 2.68 bits per heavy atom. The van der Waals surface area contributed by atoms with Crippen LogP contribution < -0.4 is 5.32 Å². The van der Waals surface area contributed by atoms with Crippen LogP contribution in [0, 0.1) is 0 Å². The first-order valence-corrected chi connectivity index (χ1v) is 9.39. The predicted octanol–water partition coefficient (Wildman–Crippen LogP) is 3.61. The van der Waals surface area contributed by atoms with E-state index >= 15 is 0 Å². The van der Waals surface area contributed by atoms with Gasteiger partial charge in [-0.1, -0.05) is 30.8 Å². The first-order valence-electron chi connectivity index (χ1n) is 8.58. The van der Waals surface area contributed by atoms with Crippen LogP contribution in [0.3, 0.4) is 0 Å². The predicted molar refractivity (Wildman–Crippen MR) is 103 cm³/mol. The van der Waals surface area contributed by atoms with Crippen molar-refractivity contribution in [2.24, 2.45) is 0 Å². The highest BCUT2D eigenvalue weighted by Crippen LogP contribution is 2.30. The summed E-state index contributed by atoms with van der Waals surface area (Å²) in [5.41, 5.74) is 2.30. The van der Waals surface area contributed by atoms with Gasteiger partial charge >= 0.3 is 0 Å². The topological polar surface area (TPSA) is 41.6 Å². The van der Waals surface area contributed by atoms with Crippen LogP contribution in [0.5, 0.6) is 0 Å². The zero-order valence-corrected chi connectivity index (χ0v) is 15.3. The smallest absolute Gasteiger partial charge is 0.243 e. The molecule has 2 aromatic rings. The van der Waals surface area contributed by atoms with Crippen molar-refractivity contribution in [1.82, 2.24) is 10.2 Å². The lowest BCUT2D eigenvalue weighted by atomic mass is 10.1. The van der Waals surface area contributed by atoms with Crippen molar-refractivity contribution in [2.75, 3.05) is 26.3 Å². The SMILES string of the molecule is C=CC(=O)N[C@H](C)c1ccc(-c2ccc(CN3CCOCC3)s2)cc1. The van der Waals surface area contributed by atoms with Crippen molar-refractivity contribution in [3.8, 4) is 10.4 Å². The van der Waals surface area contributed by atoms with E-state index in [1.807, 2.05) is 18.3 Å². The van der Waals surface area contributed by atoms with Crippen molar-refractivity contribution in [1.29, 1.82) is 0 Å². The standard InChI is InChI=1S/C20H24N2O2S/c1-3-20(23)21-15(2)16-4-6-17(7-5-16)19-9-8-18(25-19)14-22-10-12-24-13-11-22/h3-9,15H,1,10-14H2,2H3,(H,21,23)/t15-/m1/s1. The fourth-order valence-corrected chi connectivity index (χ4v) is 3.95. The van der Waals surface area contributed by atoms with Crippen LogP contribution >= 0.6 is 11.3 Å². The molecule has 0 bridgehead atoms. The largest absolute Gasteiger partial charge is 0.379 e. The van der Waals surface area contributed by atoms with E-state index in [1.54, 1.807) is 0 Å². The number of amides is 1. The third-order valence-corrected chi connectivity index (χ3v) is 5.50. The maximum atomic E-state index is 11.4. The van der Waals surface area contributed by atoms with Crippen molar-refractivity contribution >= 4 is 17.2 Å². The minimum absolute atomic E-state index is 0.0280. The summed E-state index contributed by atoms with van der Waals surface area (Å²) in [4.78, 5) is 16.5. The first kappa shape index (κ1) is 17.9. The second-order valence-electron chi connectivity index (χ2n) is 6.21. The molecule has 3 rings (SSSR count). The lowest BCUT2D eigenvalue weighted by Crippen LogP contribution is -2.35. The zero-order chi connectivity index (χ0) is 17.6. The summed E-state index contributed by atoms with van der Waals surface area (Å²) in [5.74, 6) is -0.150. The first-order chi connectivity index (χ1) is 12.2. The van der Waals surface area contributed by atoms with Crippen molar-refractivity contribution in [2.45, 2.75) is 19.5 Å². The number of hydrogen-bond donors (Lipinski definition) is 1. The molecule has 1 N–H and O–H groups in total. The highest BCUT2D eigenvalue weighted by atomic mass is 32.1. The number of carbonyl (C=O) groups is 1. The second-order valence-corrected chi connectivity index (χ2v) is 7.38. The van der Waals surface area contributed by atoms with Crippen molar-refractivity contribution in [3.63, 3.8) is 0 Å². The molecule has 0 radical (unpaired) electrons. The van der Waals surface area contributed by atoms with Crippen LogP contribution in [0.1, 0.15) is 23.4 Å². The van der Waals surface area contributed by atoms with E-state index in [2.05, 4.69) is 53.2 Å². The molecule has 4 nitrogen and oxygen atoms in total. The molecule has 1 aliphatic rings. The number of carbonyl (C=O) groups excluding carboxylic acids is 1.